The van der Waals surface area contributed by atoms with E-state index in [1.807, 2.05) is 26.0 Å². The number of nitrogens with two attached hydrogens (primary N) is 1. The largest absolute Gasteiger partial charge is 0.489 e. The highest BCUT2D eigenvalue weighted by Gasteiger charge is 2.20. The summed E-state index contributed by atoms with van der Waals surface area (Å²) >= 11 is 0. The molecule has 0 saturated heterocycles. The molecule has 0 spiro atoms. The van der Waals surface area contributed by atoms with Gasteiger partial charge >= 0.3 is 0 Å². The van der Waals surface area contributed by atoms with Crippen LogP contribution in [0.25, 0.3) is 0 Å². The van der Waals surface area contributed by atoms with Crippen molar-refractivity contribution in [3.05, 3.63) is 18.2 Å². The van der Waals surface area contributed by atoms with Crippen molar-refractivity contribution in [2.24, 2.45) is 5.92 Å². The molecule has 0 aliphatic heterocycles. The fourth-order valence-corrected chi connectivity index (χ4v) is 3.22. The molecule has 1 aromatic carbocycles. The Morgan fingerprint density at radius 1 is 1.24 bits per heavy atom. The number of anilines is 2. The number of nitrogens with one attached hydrogen (secondary N) is 1. The maximum absolute atomic E-state index is 5.97. The third-order valence-electron chi connectivity index (χ3n) is 4.29. The Hall–Kier alpha value is -1.38. The molecular weight excluding hydrogens is 260 g/mol. The van der Waals surface area contributed by atoms with Gasteiger partial charge in [-0.3, -0.25) is 0 Å². The lowest BCUT2D eigenvalue weighted by Crippen LogP contribution is -2.26. The molecule has 3 nitrogen and oxygen atoms in total. The van der Waals surface area contributed by atoms with Crippen LogP contribution in [-0.4, -0.2) is 12.1 Å². The molecule has 1 aliphatic carbocycles. The fourth-order valence-electron chi connectivity index (χ4n) is 3.22. The molecule has 1 saturated carbocycles. The molecule has 3 heteroatoms. The zero-order valence-electron chi connectivity index (χ0n) is 13.7. The SMILES string of the molecule is CCCC1CCC(Nc2ccc(N)c(OC(C)C)c2)CC1. The minimum Gasteiger partial charge on any atom is -0.489 e. The van der Waals surface area contributed by atoms with Crippen LogP contribution in [0.4, 0.5) is 11.4 Å². The van der Waals surface area contributed by atoms with Crippen LogP contribution >= 0.6 is 0 Å². The Labute approximate surface area is 129 Å². The number of rotatable bonds is 6. The molecule has 0 atom stereocenters. The minimum absolute atomic E-state index is 0.145. The van der Waals surface area contributed by atoms with E-state index >= 15 is 0 Å². The predicted octanol–water partition coefficient (Wildman–Crippen LogP) is 4.83. The smallest absolute Gasteiger partial charge is 0.144 e. The highest BCUT2D eigenvalue weighted by molar-refractivity contribution is 5.61. The molecular formula is C18H30N2O. The van der Waals surface area contributed by atoms with Gasteiger partial charge in [-0.25, -0.2) is 0 Å². The summed E-state index contributed by atoms with van der Waals surface area (Å²) in [6.07, 6.45) is 8.11. The van der Waals surface area contributed by atoms with Crippen LogP contribution in [0, 0.1) is 5.92 Å². The van der Waals surface area contributed by atoms with Crippen LogP contribution < -0.4 is 15.8 Å². The average molecular weight is 290 g/mol. The molecule has 0 aromatic heterocycles. The van der Waals surface area contributed by atoms with E-state index in [0.29, 0.717) is 11.7 Å². The second-order valence-electron chi connectivity index (χ2n) is 6.57. The van der Waals surface area contributed by atoms with Gasteiger partial charge in [-0.05, 0) is 57.6 Å². The molecule has 1 aromatic rings. The van der Waals surface area contributed by atoms with Gasteiger partial charge in [-0.2, -0.15) is 0 Å². The Morgan fingerprint density at radius 3 is 2.57 bits per heavy atom. The van der Waals surface area contributed by atoms with Crippen LogP contribution in [0.3, 0.4) is 0 Å². The van der Waals surface area contributed by atoms with E-state index in [9.17, 15) is 0 Å². The first-order valence-electron chi connectivity index (χ1n) is 8.41. The van der Waals surface area contributed by atoms with Gasteiger partial charge in [0.1, 0.15) is 5.75 Å². The highest BCUT2D eigenvalue weighted by Crippen LogP contribution is 2.31. The molecule has 1 aliphatic rings. The van der Waals surface area contributed by atoms with Crippen molar-refractivity contribution in [2.45, 2.75) is 71.4 Å². The normalized spacial score (nSPS) is 22.3. The number of nitrogen functional groups attached to an aromatic ring is 1. The number of benzene rings is 1. The van der Waals surface area contributed by atoms with Crippen molar-refractivity contribution in [1.82, 2.24) is 0 Å². The van der Waals surface area contributed by atoms with Gasteiger partial charge in [0.05, 0.1) is 11.8 Å². The lowest BCUT2D eigenvalue weighted by molar-refractivity contribution is 0.244. The Bertz CT molecular complexity index is 437. The third-order valence-corrected chi connectivity index (χ3v) is 4.29. The van der Waals surface area contributed by atoms with Crippen molar-refractivity contribution in [3.63, 3.8) is 0 Å². The van der Waals surface area contributed by atoms with Crippen molar-refractivity contribution in [2.75, 3.05) is 11.1 Å². The van der Waals surface area contributed by atoms with E-state index in [1.165, 1.54) is 38.5 Å². The van der Waals surface area contributed by atoms with Gasteiger partial charge in [0.2, 0.25) is 0 Å². The Balaban J connectivity index is 1.91. The van der Waals surface area contributed by atoms with Gasteiger partial charge in [-0.15, -0.1) is 0 Å². The van der Waals surface area contributed by atoms with Gasteiger partial charge in [-0.1, -0.05) is 19.8 Å². The van der Waals surface area contributed by atoms with Crippen molar-refractivity contribution in [1.29, 1.82) is 0 Å². The summed E-state index contributed by atoms with van der Waals surface area (Å²) in [5.74, 6) is 1.73. The quantitative estimate of drug-likeness (QED) is 0.738. The maximum Gasteiger partial charge on any atom is 0.144 e. The summed E-state index contributed by atoms with van der Waals surface area (Å²) in [7, 11) is 0. The van der Waals surface area contributed by atoms with Crippen molar-refractivity contribution in [3.8, 4) is 5.75 Å². The van der Waals surface area contributed by atoms with Crippen LogP contribution in [-0.2, 0) is 0 Å². The summed E-state index contributed by atoms with van der Waals surface area (Å²) < 4.78 is 5.76. The number of ether oxygens (including phenoxy) is 1. The second kappa shape index (κ2) is 7.58. The fraction of sp³-hybridized carbons (Fsp3) is 0.667. The van der Waals surface area contributed by atoms with E-state index in [0.717, 1.165) is 17.4 Å². The van der Waals surface area contributed by atoms with Crippen LogP contribution in [0.15, 0.2) is 18.2 Å². The summed E-state index contributed by atoms with van der Waals surface area (Å²) in [5, 5.41) is 3.65. The van der Waals surface area contributed by atoms with Gasteiger partial charge in [0.25, 0.3) is 0 Å². The molecule has 21 heavy (non-hydrogen) atoms. The molecule has 0 unspecified atom stereocenters. The van der Waals surface area contributed by atoms with Crippen LogP contribution in [0.2, 0.25) is 0 Å². The topological polar surface area (TPSA) is 47.3 Å². The van der Waals surface area contributed by atoms with Crippen LogP contribution in [0.1, 0.15) is 59.3 Å². The summed E-state index contributed by atoms with van der Waals surface area (Å²) in [6, 6.07) is 6.62. The van der Waals surface area contributed by atoms with Crippen molar-refractivity contribution < 1.29 is 4.74 Å². The zero-order valence-corrected chi connectivity index (χ0v) is 13.7. The second-order valence-corrected chi connectivity index (χ2v) is 6.57. The van der Waals surface area contributed by atoms with Crippen LogP contribution in [0.5, 0.6) is 5.75 Å². The predicted molar refractivity (Wildman–Crippen MR) is 90.9 cm³/mol. The molecule has 0 radical (unpaired) electrons. The Kier molecular flexibility index (Phi) is 5.77. The highest BCUT2D eigenvalue weighted by atomic mass is 16.5. The third kappa shape index (κ3) is 4.83. The van der Waals surface area contributed by atoms with E-state index in [2.05, 4.69) is 18.3 Å². The standard InChI is InChI=1S/C18H30N2O/c1-4-5-14-6-8-15(9-7-14)20-16-10-11-17(19)18(12-16)21-13(2)3/h10-15,20H,4-9,19H2,1-3H3. The van der Waals surface area contributed by atoms with E-state index in [4.69, 9.17) is 10.5 Å². The minimum atomic E-state index is 0.145. The van der Waals surface area contributed by atoms with E-state index in [1.54, 1.807) is 0 Å². The first-order chi connectivity index (χ1) is 10.1. The molecule has 0 amide bonds. The summed E-state index contributed by atoms with van der Waals surface area (Å²) in [6.45, 7) is 6.33. The number of hydrogen-bond donors (Lipinski definition) is 2. The summed E-state index contributed by atoms with van der Waals surface area (Å²) in [4.78, 5) is 0. The summed E-state index contributed by atoms with van der Waals surface area (Å²) in [5.41, 5.74) is 7.80. The van der Waals surface area contributed by atoms with Gasteiger partial charge < -0.3 is 15.8 Å². The van der Waals surface area contributed by atoms with Gasteiger partial charge in [0.15, 0.2) is 0 Å². The van der Waals surface area contributed by atoms with Crippen molar-refractivity contribution >= 4 is 11.4 Å². The maximum atomic E-state index is 5.97. The zero-order chi connectivity index (χ0) is 15.2. The van der Waals surface area contributed by atoms with E-state index in [-0.39, 0.29) is 6.10 Å². The molecule has 118 valence electrons. The first kappa shape index (κ1) is 16.0. The molecule has 1 fully saturated rings. The van der Waals surface area contributed by atoms with E-state index < -0.39 is 0 Å². The lowest BCUT2D eigenvalue weighted by atomic mass is 9.83. The van der Waals surface area contributed by atoms with Gasteiger partial charge in [0, 0.05) is 17.8 Å². The first-order valence-corrected chi connectivity index (χ1v) is 8.41. The number of hydrogen-bond acceptors (Lipinski definition) is 3. The molecule has 3 N–H and O–H groups in total. The Morgan fingerprint density at radius 2 is 1.95 bits per heavy atom. The monoisotopic (exact) mass is 290 g/mol. The average Bonchev–Trinajstić information content (AvgIpc) is 2.44. The molecule has 0 bridgehead atoms. The molecule has 2 rings (SSSR count). The lowest BCUT2D eigenvalue weighted by Gasteiger charge is -2.29. The molecule has 0 heterocycles.